The van der Waals surface area contributed by atoms with Crippen LogP contribution in [0.2, 0.25) is 0 Å². The van der Waals surface area contributed by atoms with Gasteiger partial charge in [0.1, 0.15) is 0 Å². The van der Waals surface area contributed by atoms with Gasteiger partial charge < -0.3 is 30.7 Å². The summed E-state index contributed by atoms with van der Waals surface area (Å²) in [7, 11) is 1.45. The van der Waals surface area contributed by atoms with E-state index < -0.39 is 5.97 Å². The molecule has 66 heavy (non-hydrogen) atoms. The zero-order valence-corrected chi connectivity index (χ0v) is 42.0. The molecule has 2 aliphatic rings. The molecule has 0 bridgehead atoms. The van der Waals surface area contributed by atoms with Crippen LogP contribution >= 0.6 is 0 Å². The molecule has 6 heterocycles. The van der Waals surface area contributed by atoms with Gasteiger partial charge in [-0.1, -0.05) is 36.4 Å². The van der Waals surface area contributed by atoms with Crippen molar-refractivity contribution in [2.45, 2.75) is 91.4 Å². The normalized spacial score (nSPS) is 15.8. The number of nitrogens with one attached hydrogen (secondary N) is 1. The second-order valence-corrected chi connectivity index (χ2v) is 17.4. The molecule has 0 saturated carbocycles. The number of esters is 1. The number of ether oxygens (including phenoxy) is 1. The molecule has 0 amide bonds. The van der Waals surface area contributed by atoms with Crippen LogP contribution < -0.4 is 39.4 Å². The summed E-state index contributed by atoms with van der Waals surface area (Å²) in [6, 6.07) is 21.0. The van der Waals surface area contributed by atoms with Crippen molar-refractivity contribution < 1.29 is 54.2 Å². The molecule has 0 radical (unpaired) electrons. The average Bonchev–Trinajstić information content (AvgIpc) is 3.88. The number of aliphatic carboxylic acids is 1. The standard InChI is InChI=1S/C25H33N5O2.C24H31N5O2.H2NO.Na/c1-18(2)30-14-10-21(27-30)22(17-23(31)32-4)28-12-6-13-29(16-15-28)25-19(3)8-9-20-7-5-11-26-24(20)25;1-17(2)29-13-9-20(26-29)21(16-22(30)31)27-11-5-12-28(15-14-27)24-18(3)7-8-19-6-4-10-25-23(19)24;1-2;/h5,7-11,14,18,22H,6,12-13,15-17H2,1-4H3;4,6-10,13,17,21H,5,11-12,14-16H2,1-3H3,(H,30,31);1-2H;/q;;-1;+1. The molecule has 2 aliphatic heterocycles. The Morgan fingerprint density at radius 1 is 0.636 bits per heavy atom. The predicted molar refractivity (Wildman–Crippen MR) is 255 cm³/mol. The first-order chi connectivity index (χ1) is 31.4. The van der Waals surface area contributed by atoms with Crippen LogP contribution in [0.3, 0.4) is 0 Å². The van der Waals surface area contributed by atoms with Gasteiger partial charge in [-0.25, -0.2) is 0 Å². The molecule has 6 aromatic rings. The summed E-state index contributed by atoms with van der Waals surface area (Å²) in [5.41, 5.74) is 8.74. The van der Waals surface area contributed by atoms with E-state index in [4.69, 9.17) is 20.9 Å². The molecule has 0 aliphatic carbocycles. The van der Waals surface area contributed by atoms with Crippen LogP contribution in [-0.4, -0.2) is 121 Å². The molecule has 4 aromatic heterocycles. The SMILES string of the molecule is COC(=O)CC(c1ccn(C(C)C)n1)N1CCCN(c2c(C)ccc3cccnc23)CC1.Cc1ccc2cccnc2c1N1CCCN(C(CC(=O)O)c2ccn(C(C)C)n2)CC1.[NH-]O.[Na+]. The largest absolute Gasteiger partial charge is 1.00 e. The number of hydrogen-bond donors (Lipinski definition) is 2. The van der Waals surface area contributed by atoms with Crippen molar-refractivity contribution in [3.05, 3.63) is 114 Å². The molecule has 2 fully saturated rings. The molecule has 2 atom stereocenters. The van der Waals surface area contributed by atoms with Gasteiger partial charge in [0.15, 0.2) is 0 Å². The van der Waals surface area contributed by atoms with E-state index in [1.165, 1.54) is 29.6 Å². The minimum absolute atomic E-state index is 0. The Morgan fingerprint density at radius 3 is 1.47 bits per heavy atom. The number of carbonyl (C=O) groups excluding carboxylic acids is 1. The molecule has 2 aromatic carbocycles. The third kappa shape index (κ3) is 12.7. The van der Waals surface area contributed by atoms with E-state index in [1.54, 1.807) is 0 Å². The summed E-state index contributed by atoms with van der Waals surface area (Å²) in [6.07, 6.45) is 10.00. The first kappa shape index (κ1) is 52.0. The Bertz CT molecular complexity index is 2490. The zero-order valence-electron chi connectivity index (χ0n) is 40.0. The number of rotatable bonds is 12. The number of anilines is 2. The van der Waals surface area contributed by atoms with Gasteiger partial charge in [0.05, 0.1) is 65.8 Å². The number of fused-ring (bicyclic) bond motifs is 2. The van der Waals surface area contributed by atoms with Crippen molar-refractivity contribution >= 4 is 45.1 Å². The maximum Gasteiger partial charge on any atom is 1.00 e. The fourth-order valence-corrected chi connectivity index (χ4v) is 9.09. The summed E-state index contributed by atoms with van der Waals surface area (Å²) < 4.78 is 8.87. The number of nitrogens with zero attached hydrogens (tertiary/aromatic N) is 10. The predicted octanol–water partition coefficient (Wildman–Crippen LogP) is 5.62. The molecule has 2 saturated heterocycles. The van der Waals surface area contributed by atoms with Gasteiger partial charge in [-0.2, -0.15) is 10.2 Å². The van der Waals surface area contributed by atoms with Crippen LogP contribution in [0.4, 0.5) is 11.4 Å². The number of aromatic nitrogens is 6. The summed E-state index contributed by atoms with van der Waals surface area (Å²) in [6.45, 7) is 19.6. The molecule has 348 valence electrons. The molecule has 0 spiro atoms. The minimum Gasteiger partial charge on any atom is -0.553 e. The van der Waals surface area contributed by atoms with Gasteiger partial charge in [-0.15, -0.1) is 0 Å². The van der Waals surface area contributed by atoms with Gasteiger partial charge >= 0.3 is 41.5 Å². The second kappa shape index (κ2) is 24.7. The third-order valence-corrected chi connectivity index (χ3v) is 12.4. The van der Waals surface area contributed by atoms with Crippen molar-refractivity contribution in [1.82, 2.24) is 39.3 Å². The number of carbonyl (C=O) groups is 2. The fraction of sp³-hybridized carbons (Fsp3) is 0.469. The summed E-state index contributed by atoms with van der Waals surface area (Å²) >= 11 is 0. The fourth-order valence-electron chi connectivity index (χ4n) is 9.09. The zero-order chi connectivity index (χ0) is 46.6. The third-order valence-electron chi connectivity index (χ3n) is 12.4. The summed E-state index contributed by atoms with van der Waals surface area (Å²) in [4.78, 5) is 42.8. The quantitative estimate of drug-likeness (QED) is 0.0879. The smallest absolute Gasteiger partial charge is 0.553 e. The molecule has 2 unspecified atom stereocenters. The summed E-state index contributed by atoms with van der Waals surface area (Å²) in [5, 5.41) is 27.6. The monoisotopic (exact) mass is 912 g/mol. The molecule has 17 heteroatoms. The number of pyridine rings is 2. The second-order valence-electron chi connectivity index (χ2n) is 17.4. The van der Waals surface area contributed by atoms with Crippen LogP contribution in [0.25, 0.3) is 27.7 Å². The van der Waals surface area contributed by atoms with Gasteiger partial charge in [-0.3, -0.25) is 38.7 Å². The minimum atomic E-state index is -0.792. The molecular formula is C49H66N11NaO5. The van der Waals surface area contributed by atoms with Gasteiger partial charge in [0, 0.05) is 100 Å². The molecule has 8 rings (SSSR count). The van der Waals surface area contributed by atoms with Crippen LogP contribution in [0, 0.1) is 13.8 Å². The van der Waals surface area contributed by atoms with E-state index in [-0.39, 0.29) is 66.1 Å². The Morgan fingerprint density at radius 2 is 1.08 bits per heavy atom. The van der Waals surface area contributed by atoms with Crippen molar-refractivity contribution in [2.24, 2.45) is 0 Å². The van der Waals surface area contributed by atoms with Crippen molar-refractivity contribution in [2.75, 3.05) is 69.3 Å². The maximum atomic E-state index is 12.2. The van der Waals surface area contributed by atoms with Crippen LogP contribution in [0.15, 0.2) is 85.5 Å². The Hall–Kier alpha value is -4.94. The number of aryl methyl sites for hydroxylation is 2. The Labute approximate surface area is 411 Å². The van der Waals surface area contributed by atoms with Gasteiger partial charge in [-0.05, 0) is 89.8 Å². The molecule has 16 nitrogen and oxygen atoms in total. The van der Waals surface area contributed by atoms with E-state index in [2.05, 4.69) is 113 Å². The maximum absolute atomic E-state index is 12.2. The van der Waals surface area contributed by atoms with Gasteiger partial charge in [0.2, 0.25) is 0 Å². The van der Waals surface area contributed by atoms with Crippen LogP contribution in [0.1, 0.15) is 100 Å². The summed E-state index contributed by atoms with van der Waals surface area (Å²) in [5.74, 6) is 3.75. The Balaban J connectivity index is 0.000000235. The van der Waals surface area contributed by atoms with Crippen molar-refractivity contribution in [1.29, 1.82) is 0 Å². The first-order valence-corrected chi connectivity index (χ1v) is 22.7. The van der Waals surface area contributed by atoms with E-state index >= 15 is 0 Å². The van der Waals surface area contributed by atoms with E-state index in [9.17, 15) is 14.7 Å². The van der Waals surface area contributed by atoms with Crippen molar-refractivity contribution in [3.63, 3.8) is 0 Å². The molecular weight excluding hydrogens is 846 g/mol. The first-order valence-electron chi connectivity index (χ1n) is 22.7. The Kier molecular flexibility index (Phi) is 19.5. The average molecular weight is 912 g/mol. The number of carboxylic acid groups (broad SMARTS) is 1. The van der Waals surface area contributed by atoms with E-state index in [1.807, 2.05) is 58.4 Å². The van der Waals surface area contributed by atoms with Gasteiger partial charge in [0.25, 0.3) is 0 Å². The molecule has 3 N–H and O–H groups in total. The number of hydrogen-bond acceptors (Lipinski definition) is 12. The number of methoxy groups -OCH3 is 1. The van der Waals surface area contributed by atoms with Crippen molar-refractivity contribution in [3.8, 4) is 0 Å². The van der Waals surface area contributed by atoms with E-state index in [0.29, 0.717) is 6.42 Å². The van der Waals surface area contributed by atoms with Crippen LogP contribution in [0.5, 0.6) is 0 Å². The number of carboxylic acids is 1. The van der Waals surface area contributed by atoms with E-state index in [0.717, 1.165) is 98.4 Å². The number of benzene rings is 2. The topological polar surface area (TPSA) is 182 Å². The van der Waals surface area contributed by atoms with Crippen LogP contribution in [-0.2, 0) is 14.3 Å².